The molecule has 0 amide bonds. The van der Waals surface area contributed by atoms with Crippen molar-refractivity contribution in [1.82, 2.24) is 15.1 Å². The van der Waals surface area contributed by atoms with Gasteiger partial charge in [-0.25, -0.2) is 0 Å². The van der Waals surface area contributed by atoms with E-state index in [1.54, 1.807) is 0 Å². The van der Waals surface area contributed by atoms with Crippen LogP contribution in [0.2, 0.25) is 0 Å². The number of aromatic nitrogens is 2. The molecule has 0 aliphatic heterocycles. The monoisotopic (exact) mass is 281 g/mol. The van der Waals surface area contributed by atoms with Gasteiger partial charge >= 0.3 is 5.97 Å². The second-order valence-corrected chi connectivity index (χ2v) is 5.95. The number of rotatable bonds is 7. The fourth-order valence-electron chi connectivity index (χ4n) is 2.29. The van der Waals surface area contributed by atoms with Crippen molar-refractivity contribution in [1.29, 1.82) is 0 Å². The van der Waals surface area contributed by atoms with Crippen LogP contribution in [0.1, 0.15) is 51.3 Å². The molecule has 20 heavy (non-hydrogen) atoms. The first kappa shape index (κ1) is 16.7. The largest absolute Gasteiger partial charge is 0.468 e. The maximum absolute atomic E-state index is 11.8. The van der Waals surface area contributed by atoms with E-state index in [0.717, 1.165) is 17.7 Å². The predicted octanol–water partition coefficient (Wildman–Crippen LogP) is 2.22. The highest BCUT2D eigenvalue weighted by molar-refractivity contribution is 5.75. The molecule has 1 N–H and O–H groups in total. The molecule has 1 atom stereocenters. The SMILES string of the molecule is COC(=O)C(CC(C)C)NCc1cn(C)nc1C(C)C. The van der Waals surface area contributed by atoms with Crippen molar-refractivity contribution < 1.29 is 9.53 Å². The molecular formula is C15H27N3O2. The van der Waals surface area contributed by atoms with Crippen LogP contribution in [-0.2, 0) is 23.1 Å². The van der Waals surface area contributed by atoms with Gasteiger partial charge in [0.1, 0.15) is 6.04 Å². The minimum absolute atomic E-state index is 0.200. The first-order chi connectivity index (χ1) is 9.35. The van der Waals surface area contributed by atoms with Crippen LogP contribution in [0, 0.1) is 5.92 Å². The van der Waals surface area contributed by atoms with Gasteiger partial charge < -0.3 is 10.1 Å². The average Bonchev–Trinajstić information content (AvgIpc) is 2.74. The zero-order chi connectivity index (χ0) is 15.3. The third-order valence-electron chi connectivity index (χ3n) is 3.22. The highest BCUT2D eigenvalue weighted by Gasteiger charge is 2.21. The van der Waals surface area contributed by atoms with E-state index in [1.807, 2.05) is 17.9 Å². The van der Waals surface area contributed by atoms with Gasteiger partial charge in [0.25, 0.3) is 0 Å². The smallest absolute Gasteiger partial charge is 0.322 e. The van der Waals surface area contributed by atoms with E-state index in [2.05, 4.69) is 38.1 Å². The Hall–Kier alpha value is -1.36. The Kier molecular flexibility index (Phi) is 6.20. The minimum atomic E-state index is -0.264. The summed E-state index contributed by atoms with van der Waals surface area (Å²) in [6.45, 7) is 9.08. The lowest BCUT2D eigenvalue weighted by Gasteiger charge is -2.18. The van der Waals surface area contributed by atoms with E-state index in [0.29, 0.717) is 18.4 Å². The predicted molar refractivity (Wildman–Crippen MR) is 79.4 cm³/mol. The number of nitrogens with one attached hydrogen (secondary N) is 1. The molecule has 114 valence electrons. The van der Waals surface area contributed by atoms with E-state index < -0.39 is 0 Å². The van der Waals surface area contributed by atoms with Crippen molar-refractivity contribution in [3.05, 3.63) is 17.5 Å². The Morgan fingerprint density at radius 1 is 1.40 bits per heavy atom. The first-order valence-corrected chi connectivity index (χ1v) is 7.18. The minimum Gasteiger partial charge on any atom is -0.468 e. The van der Waals surface area contributed by atoms with Crippen LogP contribution in [0.15, 0.2) is 6.20 Å². The molecule has 1 heterocycles. The Morgan fingerprint density at radius 3 is 2.55 bits per heavy atom. The third kappa shape index (κ3) is 4.63. The van der Waals surface area contributed by atoms with Gasteiger partial charge in [-0.05, 0) is 18.3 Å². The van der Waals surface area contributed by atoms with Crippen molar-refractivity contribution in [3.8, 4) is 0 Å². The molecule has 1 aromatic rings. The summed E-state index contributed by atoms with van der Waals surface area (Å²) in [5.74, 6) is 0.605. The van der Waals surface area contributed by atoms with Gasteiger partial charge in [0.2, 0.25) is 0 Å². The van der Waals surface area contributed by atoms with E-state index >= 15 is 0 Å². The van der Waals surface area contributed by atoms with Crippen LogP contribution < -0.4 is 5.32 Å². The summed E-state index contributed by atoms with van der Waals surface area (Å²) in [5, 5.41) is 7.77. The molecule has 1 unspecified atom stereocenters. The van der Waals surface area contributed by atoms with Crippen molar-refractivity contribution in [3.63, 3.8) is 0 Å². The molecule has 5 heteroatoms. The van der Waals surface area contributed by atoms with Crippen molar-refractivity contribution in [2.45, 2.75) is 52.6 Å². The molecule has 0 spiro atoms. The number of hydrogen-bond acceptors (Lipinski definition) is 4. The maximum atomic E-state index is 11.8. The quantitative estimate of drug-likeness (QED) is 0.779. The normalized spacial score (nSPS) is 13.0. The third-order valence-corrected chi connectivity index (χ3v) is 3.22. The Bertz CT molecular complexity index is 438. The molecule has 0 radical (unpaired) electrons. The summed E-state index contributed by atoms with van der Waals surface area (Å²) in [6, 6.07) is -0.264. The average molecular weight is 281 g/mol. The van der Waals surface area contributed by atoms with E-state index in [9.17, 15) is 4.79 Å². The van der Waals surface area contributed by atoms with Crippen molar-refractivity contribution in [2.75, 3.05) is 7.11 Å². The Balaban J connectivity index is 2.74. The van der Waals surface area contributed by atoms with Crippen LogP contribution in [-0.4, -0.2) is 28.9 Å². The molecule has 5 nitrogen and oxygen atoms in total. The molecule has 1 aromatic heterocycles. The van der Waals surface area contributed by atoms with Gasteiger partial charge in [0.15, 0.2) is 0 Å². The number of aryl methyl sites for hydroxylation is 1. The van der Waals surface area contributed by atoms with Crippen LogP contribution in [0.4, 0.5) is 0 Å². The van der Waals surface area contributed by atoms with Gasteiger partial charge in [-0.2, -0.15) is 5.10 Å². The molecule has 1 rings (SSSR count). The van der Waals surface area contributed by atoms with Crippen molar-refractivity contribution >= 4 is 5.97 Å². The van der Waals surface area contributed by atoms with Crippen LogP contribution in [0.25, 0.3) is 0 Å². The summed E-state index contributed by atoms with van der Waals surface area (Å²) in [7, 11) is 3.35. The zero-order valence-electron chi connectivity index (χ0n) is 13.4. The number of hydrogen-bond donors (Lipinski definition) is 1. The molecule has 0 fully saturated rings. The lowest BCUT2D eigenvalue weighted by molar-refractivity contribution is -0.143. The molecule has 0 saturated carbocycles. The van der Waals surface area contributed by atoms with E-state index in [1.165, 1.54) is 7.11 Å². The Labute approximate surface area is 121 Å². The maximum Gasteiger partial charge on any atom is 0.322 e. The number of carbonyl (C=O) groups is 1. The highest BCUT2D eigenvalue weighted by atomic mass is 16.5. The molecule has 0 saturated heterocycles. The summed E-state index contributed by atoms with van der Waals surface area (Å²) in [5.41, 5.74) is 2.22. The van der Waals surface area contributed by atoms with Crippen LogP contribution in [0.5, 0.6) is 0 Å². The topological polar surface area (TPSA) is 56.1 Å². The summed E-state index contributed by atoms with van der Waals surface area (Å²) < 4.78 is 6.68. The highest BCUT2D eigenvalue weighted by Crippen LogP contribution is 2.17. The van der Waals surface area contributed by atoms with Gasteiger partial charge in [0.05, 0.1) is 12.8 Å². The number of methoxy groups -OCH3 is 1. The van der Waals surface area contributed by atoms with Crippen LogP contribution >= 0.6 is 0 Å². The van der Waals surface area contributed by atoms with Crippen LogP contribution in [0.3, 0.4) is 0 Å². The van der Waals surface area contributed by atoms with E-state index in [4.69, 9.17) is 4.74 Å². The van der Waals surface area contributed by atoms with Gasteiger partial charge in [-0.15, -0.1) is 0 Å². The van der Waals surface area contributed by atoms with Crippen molar-refractivity contribution in [2.24, 2.45) is 13.0 Å². The fraction of sp³-hybridized carbons (Fsp3) is 0.733. The number of ether oxygens (including phenoxy) is 1. The van der Waals surface area contributed by atoms with Gasteiger partial charge in [-0.3, -0.25) is 9.48 Å². The summed E-state index contributed by atoms with van der Waals surface area (Å²) in [4.78, 5) is 11.8. The number of nitrogens with zero attached hydrogens (tertiary/aromatic N) is 2. The fourth-order valence-corrected chi connectivity index (χ4v) is 2.29. The standard InChI is InChI=1S/C15H27N3O2/c1-10(2)7-13(15(19)20-6)16-8-12-9-18(5)17-14(12)11(3)4/h9-11,13,16H,7-8H2,1-6H3. The Morgan fingerprint density at radius 2 is 2.05 bits per heavy atom. The lowest BCUT2D eigenvalue weighted by atomic mass is 10.0. The van der Waals surface area contributed by atoms with E-state index in [-0.39, 0.29) is 12.0 Å². The molecule has 0 aromatic carbocycles. The van der Waals surface area contributed by atoms with Gasteiger partial charge in [-0.1, -0.05) is 27.7 Å². The number of carbonyl (C=O) groups excluding carboxylic acids is 1. The molecular weight excluding hydrogens is 254 g/mol. The molecule has 0 aliphatic carbocycles. The summed E-state index contributed by atoms with van der Waals surface area (Å²) >= 11 is 0. The zero-order valence-corrected chi connectivity index (χ0v) is 13.4. The molecule has 0 bridgehead atoms. The second kappa shape index (κ2) is 7.43. The second-order valence-electron chi connectivity index (χ2n) is 5.95. The first-order valence-electron chi connectivity index (χ1n) is 7.18. The van der Waals surface area contributed by atoms with Gasteiger partial charge in [0, 0.05) is 25.4 Å². The number of esters is 1. The molecule has 0 aliphatic rings. The summed E-state index contributed by atoms with van der Waals surface area (Å²) in [6.07, 6.45) is 2.77. The lowest BCUT2D eigenvalue weighted by Crippen LogP contribution is -2.38.